The maximum absolute atomic E-state index is 13.7. The van der Waals surface area contributed by atoms with Crippen LogP contribution in [0.1, 0.15) is 36.3 Å². The molecule has 2 N–H and O–H groups in total. The summed E-state index contributed by atoms with van der Waals surface area (Å²) in [5.41, 5.74) is 3.69. The average molecular weight is 559 g/mol. The molecule has 0 saturated carbocycles. The molecule has 0 amide bonds. The fraction of sp³-hybridized carbons (Fsp3) is 0.200. The minimum atomic E-state index is -0.702. The molecular formula is C30H27BrN2O4. The average Bonchev–Trinajstić information content (AvgIpc) is 2.93. The number of amidine groups is 1. The van der Waals surface area contributed by atoms with Crippen LogP contribution in [0, 0.1) is 5.41 Å². The number of rotatable bonds is 5. The predicted octanol–water partition coefficient (Wildman–Crippen LogP) is 7.02. The summed E-state index contributed by atoms with van der Waals surface area (Å²) in [6.07, 6.45) is 1.74. The molecule has 6 nitrogen and oxygen atoms in total. The highest BCUT2D eigenvalue weighted by Gasteiger charge is 2.44. The number of carbonyl (C=O) groups is 1. The molecule has 0 fully saturated rings. The lowest BCUT2D eigenvalue weighted by molar-refractivity contribution is -0.116. The Balaban J connectivity index is 1.86. The van der Waals surface area contributed by atoms with Crippen LogP contribution in [-0.4, -0.2) is 30.9 Å². The van der Waals surface area contributed by atoms with Gasteiger partial charge in [0, 0.05) is 44.6 Å². The number of anilines is 1. The van der Waals surface area contributed by atoms with Crippen molar-refractivity contribution in [2.45, 2.75) is 25.2 Å². The third kappa shape index (κ3) is 4.44. The van der Waals surface area contributed by atoms with E-state index in [-0.39, 0.29) is 17.4 Å². The van der Waals surface area contributed by atoms with Crippen LogP contribution >= 0.6 is 15.9 Å². The first-order chi connectivity index (χ1) is 17.9. The molecule has 0 bridgehead atoms. The van der Waals surface area contributed by atoms with Crippen molar-refractivity contribution in [3.8, 4) is 11.5 Å². The van der Waals surface area contributed by atoms with Gasteiger partial charge < -0.3 is 14.6 Å². The predicted molar refractivity (Wildman–Crippen MR) is 149 cm³/mol. The van der Waals surface area contributed by atoms with Crippen molar-refractivity contribution in [3.63, 3.8) is 0 Å². The first-order valence-corrected chi connectivity index (χ1v) is 12.8. The zero-order valence-electron chi connectivity index (χ0n) is 20.6. The van der Waals surface area contributed by atoms with Crippen molar-refractivity contribution in [1.29, 1.82) is 5.41 Å². The number of allylic oxidation sites excluding steroid dienone is 2. The Hall–Kier alpha value is -3.84. The van der Waals surface area contributed by atoms with Crippen molar-refractivity contribution >= 4 is 39.0 Å². The molecule has 1 atom stereocenters. The molecule has 1 aliphatic heterocycles. The lowest BCUT2D eigenvalue weighted by Crippen LogP contribution is -2.42. The van der Waals surface area contributed by atoms with Gasteiger partial charge in [0.05, 0.1) is 20.1 Å². The van der Waals surface area contributed by atoms with Crippen molar-refractivity contribution in [2.24, 2.45) is 0 Å². The van der Waals surface area contributed by atoms with Gasteiger partial charge >= 0.3 is 0 Å². The molecule has 0 aromatic heterocycles. The standard InChI is InChI=1S/C30H27BrN2O4/c1-36-21-15-16-25(37-2)22(17-21)26-27-23(9-6-10-24(27)34)33(20-13-11-19(31)12-14-20)30(32)28(26)29(35)18-7-4-3-5-8-18/h3-5,7-8,11-17,26,32,35H,6,9-10H2,1-2H3/b29-28+,32-30?. The number of benzene rings is 3. The summed E-state index contributed by atoms with van der Waals surface area (Å²) < 4.78 is 12.1. The van der Waals surface area contributed by atoms with Crippen LogP contribution in [-0.2, 0) is 4.79 Å². The van der Waals surface area contributed by atoms with Crippen LogP contribution in [0.3, 0.4) is 0 Å². The van der Waals surface area contributed by atoms with Crippen LogP contribution in [0.2, 0.25) is 0 Å². The maximum Gasteiger partial charge on any atom is 0.161 e. The van der Waals surface area contributed by atoms with E-state index in [1.165, 1.54) is 0 Å². The van der Waals surface area contributed by atoms with Gasteiger partial charge in [-0.2, -0.15) is 0 Å². The van der Waals surface area contributed by atoms with E-state index >= 15 is 0 Å². The third-order valence-corrected chi connectivity index (χ3v) is 7.42. The van der Waals surface area contributed by atoms with Crippen LogP contribution < -0.4 is 14.4 Å². The van der Waals surface area contributed by atoms with E-state index in [9.17, 15) is 15.3 Å². The molecule has 2 aliphatic rings. The van der Waals surface area contributed by atoms with Crippen LogP contribution in [0.5, 0.6) is 11.5 Å². The Morgan fingerprint density at radius 1 is 1.00 bits per heavy atom. The molecule has 5 rings (SSSR count). The van der Waals surface area contributed by atoms with E-state index in [1.54, 1.807) is 43.4 Å². The second-order valence-corrected chi connectivity index (χ2v) is 9.88. The summed E-state index contributed by atoms with van der Waals surface area (Å²) in [6.45, 7) is 0. The number of nitrogens with zero attached hydrogens (tertiary/aromatic N) is 1. The molecule has 0 radical (unpaired) electrons. The largest absolute Gasteiger partial charge is 0.507 e. The normalized spacial score (nSPS) is 19.0. The van der Waals surface area contributed by atoms with Gasteiger partial charge in [-0.25, -0.2) is 0 Å². The highest BCUT2D eigenvalue weighted by Crippen LogP contribution is 2.50. The fourth-order valence-electron chi connectivity index (χ4n) is 5.19. The number of nitrogens with one attached hydrogen (secondary N) is 1. The second kappa shape index (κ2) is 10.3. The lowest BCUT2D eigenvalue weighted by Gasteiger charge is -2.42. The molecule has 3 aromatic rings. The summed E-state index contributed by atoms with van der Waals surface area (Å²) >= 11 is 3.48. The molecule has 7 heteroatoms. The van der Waals surface area contributed by atoms with Crippen LogP contribution in [0.4, 0.5) is 5.69 Å². The van der Waals surface area contributed by atoms with Gasteiger partial charge in [-0.15, -0.1) is 0 Å². The zero-order chi connectivity index (χ0) is 26.1. The van der Waals surface area contributed by atoms with Crippen molar-refractivity contribution in [2.75, 3.05) is 19.1 Å². The minimum Gasteiger partial charge on any atom is -0.507 e. The summed E-state index contributed by atoms with van der Waals surface area (Å²) in [6, 6.07) is 22.2. The van der Waals surface area contributed by atoms with E-state index in [4.69, 9.17) is 9.47 Å². The number of Topliss-reactive ketones (excluding diaryl/α,β-unsaturated/α-hetero) is 1. The number of hydrogen-bond donors (Lipinski definition) is 2. The second-order valence-electron chi connectivity index (χ2n) is 8.97. The summed E-state index contributed by atoms with van der Waals surface area (Å²) in [5.74, 6) is 0.525. The molecule has 1 unspecified atom stereocenters. The SMILES string of the molecule is COc1ccc(OC)c(C2C3=C(CCCC3=O)N(c3ccc(Br)cc3)C(=N)/C2=C(/O)c2ccccc2)c1. The number of ether oxygens (including phenoxy) is 2. The Labute approximate surface area is 224 Å². The van der Waals surface area contributed by atoms with Gasteiger partial charge in [-0.05, 0) is 55.3 Å². The topological polar surface area (TPSA) is 82.9 Å². The highest BCUT2D eigenvalue weighted by molar-refractivity contribution is 9.10. The summed E-state index contributed by atoms with van der Waals surface area (Å²) in [7, 11) is 3.16. The van der Waals surface area contributed by atoms with Gasteiger partial charge in [0.15, 0.2) is 5.78 Å². The third-order valence-electron chi connectivity index (χ3n) is 6.89. The zero-order valence-corrected chi connectivity index (χ0v) is 22.2. The van der Waals surface area contributed by atoms with Crippen molar-refractivity contribution in [3.05, 3.63) is 105 Å². The molecule has 0 saturated heterocycles. The monoisotopic (exact) mass is 558 g/mol. The van der Waals surface area contributed by atoms with Crippen LogP contribution in [0.15, 0.2) is 94.1 Å². The number of methoxy groups -OCH3 is 2. The van der Waals surface area contributed by atoms with Crippen LogP contribution in [0.25, 0.3) is 5.76 Å². The van der Waals surface area contributed by atoms with Gasteiger partial charge in [0.1, 0.15) is 23.1 Å². The molecule has 188 valence electrons. The smallest absolute Gasteiger partial charge is 0.161 e. The van der Waals surface area contributed by atoms with Gasteiger partial charge in [-0.1, -0.05) is 46.3 Å². The molecule has 37 heavy (non-hydrogen) atoms. The number of aliphatic hydroxyl groups excluding tert-OH is 1. The van der Waals surface area contributed by atoms with Gasteiger partial charge in [0.2, 0.25) is 0 Å². The van der Waals surface area contributed by atoms with Gasteiger partial charge in [0.25, 0.3) is 0 Å². The van der Waals surface area contributed by atoms with Gasteiger partial charge in [-0.3, -0.25) is 15.1 Å². The minimum absolute atomic E-state index is 0.00379. The van der Waals surface area contributed by atoms with E-state index < -0.39 is 5.92 Å². The fourth-order valence-corrected chi connectivity index (χ4v) is 5.46. The van der Waals surface area contributed by atoms with Crippen molar-refractivity contribution < 1.29 is 19.4 Å². The molecule has 1 aliphatic carbocycles. The Morgan fingerprint density at radius 3 is 2.41 bits per heavy atom. The molecular weight excluding hydrogens is 532 g/mol. The molecule has 3 aromatic carbocycles. The maximum atomic E-state index is 13.7. The van der Waals surface area contributed by atoms with E-state index in [1.807, 2.05) is 48.5 Å². The number of halogens is 1. The van der Waals surface area contributed by atoms with Crippen molar-refractivity contribution in [1.82, 2.24) is 0 Å². The van der Waals surface area contributed by atoms with E-state index in [0.29, 0.717) is 53.0 Å². The molecule has 1 heterocycles. The molecule has 0 spiro atoms. The number of carbonyl (C=O) groups excluding carboxylic acids is 1. The Kier molecular flexibility index (Phi) is 6.89. The van der Waals surface area contributed by atoms with E-state index in [2.05, 4.69) is 15.9 Å². The van der Waals surface area contributed by atoms with E-state index in [0.717, 1.165) is 15.9 Å². The first kappa shape index (κ1) is 24.8. The quantitative estimate of drug-likeness (QED) is 0.328. The Morgan fingerprint density at radius 2 is 1.73 bits per heavy atom. The Bertz CT molecular complexity index is 1430. The summed E-state index contributed by atoms with van der Waals surface area (Å²) in [5, 5.41) is 21.2. The lowest BCUT2D eigenvalue weighted by atomic mass is 9.73. The summed E-state index contributed by atoms with van der Waals surface area (Å²) in [4.78, 5) is 15.5. The highest BCUT2D eigenvalue weighted by atomic mass is 79.9. The number of ketones is 1. The number of aliphatic hydroxyl groups is 1. The number of hydrogen-bond acceptors (Lipinski definition) is 5. The first-order valence-electron chi connectivity index (χ1n) is 12.1.